The predicted octanol–water partition coefficient (Wildman–Crippen LogP) is 2.14. The largest absolute Gasteiger partial charge is 0.478 e. The van der Waals surface area contributed by atoms with E-state index in [4.69, 9.17) is 5.11 Å². The minimum absolute atomic E-state index is 0.117. The number of aromatic carboxylic acids is 1. The fraction of sp³-hybridized carbons (Fsp3) is 0.385. The number of benzene rings is 1. The second kappa shape index (κ2) is 4.57. The number of carboxylic acid groups (broad SMARTS) is 1. The van der Waals surface area contributed by atoms with E-state index in [9.17, 15) is 9.59 Å². The van der Waals surface area contributed by atoms with Crippen molar-refractivity contribution in [3.63, 3.8) is 0 Å². The Balaban J connectivity index is 2.32. The topological polar surface area (TPSA) is 57.6 Å². The minimum atomic E-state index is -1.03. The maximum Gasteiger partial charge on any atom is 0.336 e. The van der Waals surface area contributed by atoms with Crippen LogP contribution in [0.3, 0.4) is 0 Å². The highest BCUT2D eigenvalue weighted by molar-refractivity contribution is 6.07. The molecule has 0 saturated heterocycles. The van der Waals surface area contributed by atoms with E-state index in [0.717, 1.165) is 18.4 Å². The molecule has 1 aromatic carbocycles. The number of rotatable bonds is 4. The van der Waals surface area contributed by atoms with Crippen LogP contribution in [0.25, 0.3) is 0 Å². The molecule has 0 radical (unpaired) electrons. The van der Waals surface area contributed by atoms with Gasteiger partial charge in [-0.3, -0.25) is 4.79 Å². The third kappa shape index (κ3) is 2.02. The monoisotopic (exact) mass is 233 g/mol. The summed E-state index contributed by atoms with van der Waals surface area (Å²) >= 11 is 0. The maximum absolute atomic E-state index is 12.1. The number of hydrogen-bond donors (Lipinski definition) is 1. The summed E-state index contributed by atoms with van der Waals surface area (Å²) in [5.41, 5.74) is 1.31. The number of unbranched alkanes of at least 4 members (excludes halogenated alkanes) is 1. The molecular weight excluding hydrogens is 218 g/mol. The van der Waals surface area contributed by atoms with Gasteiger partial charge < -0.3 is 10.0 Å². The third-order valence-corrected chi connectivity index (χ3v) is 3.03. The standard InChI is InChI=1S/C13H15NO3/c1-2-3-7-14-8-9-5-4-6-10(13(16)17)11(9)12(14)15/h4-6H,2-3,7-8H2,1H3,(H,16,17). The van der Waals surface area contributed by atoms with Crippen LogP contribution in [0.15, 0.2) is 18.2 Å². The number of hydrogen-bond acceptors (Lipinski definition) is 2. The van der Waals surface area contributed by atoms with Crippen molar-refractivity contribution in [2.75, 3.05) is 6.54 Å². The van der Waals surface area contributed by atoms with Crippen LogP contribution >= 0.6 is 0 Å². The number of amides is 1. The summed E-state index contributed by atoms with van der Waals surface area (Å²) in [6.07, 6.45) is 1.97. The molecule has 17 heavy (non-hydrogen) atoms. The Labute approximate surface area is 99.9 Å². The molecule has 1 aromatic rings. The SMILES string of the molecule is CCCCN1Cc2cccc(C(=O)O)c2C1=O. The molecule has 90 valence electrons. The molecule has 4 heteroatoms. The summed E-state index contributed by atoms with van der Waals surface area (Å²) in [6, 6.07) is 5.01. The van der Waals surface area contributed by atoms with Crippen LogP contribution in [0.4, 0.5) is 0 Å². The smallest absolute Gasteiger partial charge is 0.336 e. The van der Waals surface area contributed by atoms with E-state index in [1.54, 1.807) is 11.0 Å². The van der Waals surface area contributed by atoms with Crippen LogP contribution < -0.4 is 0 Å². The van der Waals surface area contributed by atoms with Gasteiger partial charge in [0.15, 0.2) is 0 Å². The Morgan fingerprint density at radius 2 is 2.24 bits per heavy atom. The molecule has 1 amide bonds. The molecule has 1 heterocycles. The van der Waals surface area contributed by atoms with Gasteiger partial charge in [-0.25, -0.2) is 4.79 Å². The molecule has 0 aliphatic carbocycles. The van der Waals surface area contributed by atoms with Crippen molar-refractivity contribution in [1.82, 2.24) is 4.90 Å². The first-order valence-electron chi connectivity index (χ1n) is 5.79. The third-order valence-electron chi connectivity index (χ3n) is 3.03. The van der Waals surface area contributed by atoms with Crippen LogP contribution in [0.5, 0.6) is 0 Å². The molecule has 2 rings (SSSR count). The molecule has 0 bridgehead atoms. The van der Waals surface area contributed by atoms with Gasteiger partial charge in [0.1, 0.15) is 0 Å². The van der Waals surface area contributed by atoms with Gasteiger partial charge in [0.05, 0.1) is 11.1 Å². The zero-order valence-corrected chi connectivity index (χ0v) is 9.77. The first-order chi connectivity index (χ1) is 8.15. The van der Waals surface area contributed by atoms with Crippen LogP contribution in [-0.2, 0) is 6.54 Å². The molecule has 1 aliphatic heterocycles. The van der Waals surface area contributed by atoms with E-state index in [2.05, 4.69) is 6.92 Å². The maximum atomic E-state index is 12.1. The zero-order valence-electron chi connectivity index (χ0n) is 9.77. The number of nitrogens with zero attached hydrogens (tertiary/aromatic N) is 1. The highest BCUT2D eigenvalue weighted by atomic mass is 16.4. The summed E-state index contributed by atoms with van der Waals surface area (Å²) in [7, 11) is 0. The van der Waals surface area contributed by atoms with Gasteiger partial charge in [-0.15, -0.1) is 0 Å². The lowest BCUT2D eigenvalue weighted by Crippen LogP contribution is -2.25. The van der Waals surface area contributed by atoms with Crippen molar-refractivity contribution in [3.05, 3.63) is 34.9 Å². The van der Waals surface area contributed by atoms with Crippen LogP contribution in [0.1, 0.15) is 46.0 Å². The molecular formula is C13H15NO3. The Hall–Kier alpha value is -1.84. The predicted molar refractivity (Wildman–Crippen MR) is 63.0 cm³/mol. The van der Waals surface area contributed by atoms with E-state index in [1.165, 1.54) is 6.07 Å². The Morgan fingerprint density at radius 1 is 1.47 bits per heavy atom. The van der Waals surface area contributed by atoms with Crippen molar-refractivity contribution >= 4 is 11.9 Å². The van der Waals surface area contributed by atoms with Gasteiger partial charge in [-0.1, -0.05) is 25.5 Å². The van der Waals surface area contributed by atoms with E-state index in [-0.39, 0.29) is 11.5 Å². The quantitative estimate of drug-likeness (QED) is 0.866. The number of carbonyl (C=O) groups excluding carboxylic acids is 1. The van der Waals surface area contributed by atoms with Crippen molar-refractivity contribution < 1.29 is 14.7 Å². The van der Waals surface area contributed by atoms with E-state index >= 15 is 0 Å². The van der Waals surface area contributed by atoms with Crippen LogP contribution in [-0.4, -0.2) is 28.4 Å². The van der Waals surface area contributed by atoms with Crippen molar-refractivity contribution in [2.24, 2.45) is 0 Å². The summed E-state index contributed by atoms with van der Waals surface area (Å²) < 4.78 is 0. The average molecular weight is 233 g/mol. The second-order valence-electron chi connectivity index (χ2n) is 4.23. The van der Waals surface area contributed by atoms with Crippen molar-refractivity contribution in [1.29, 1.82) is 0 Å². The van der Waals surface area contributed by atoms with E-state index < -0.39 is 5.97 Å². The lowest BCUT2D eigenvalue weighted by molar-refractivity contribution is 0.0682. The number of carbonyl (C=O) groups is 2. The fourth-order valence-electron chi connectivity index (χ4n) is 2.13. The first kappa shape index (κ1) is 11.6. The Bertz CT molecular complexity index is 468. The molecule has 1 N–H and O–H groups in total. The minimum Gasteiger partial charge on any atom is -0.478 e. The Kier molecular flexibility index (Phi) is 3.13. The summed E-state index contributed by atoms with van der Waals surface area (Å²) in [5.74, 6) is -1.18. The van der Waals surface area contributed by atoms with E-state index in [0.29, 0.717) is 18.7 Å². The zero-order chi connectivity index (χ0) is 12.4. The average Bonchev–Trinajstić information content (AvgIpc) is 2.63. The van der Waals surface area contributed by atoms with Gasteiger partial charge in [-0.05, 0) is 18.1 Å². The molecule has 1 aliphatic rings. The molecule has 0 atom stereocenters. The Morgan fingerprint density at radius 3 is 2.88 bits per heavy atom. The second-order valence-corrected chi connectivity index (χ2v) is 4.23. The normalized spacial score (nSPS) is 13.9. The van der Waals surface area contributed by atoms with Crippen molar-refractivity contribution in [3.8, 4) is 0 Å². The highest BCUT2D eigenvalue weighted by Crippen LogP contribution is 2.26. The summed E-state index contributed by atoms with van der Waals surface area (Å²) in [5, 5.41) is 9.06. The van der Waals surface area contributed by atoms with Crippen LogP contribution in [0.2, 0.25) is 0 Å². The number of fused-ring (bicyclic) bond motifs is 1. The molecule has 4 nitrogen and oxygen atoms in total. The van der Waals surface area contributed by atoms with Crippen molar-refractivity contribution in [2.45, 2.75) is 26.3 Å². The van der Waals surface area contributed by atoms with Gasteiger partial charge >= 0.3 is 5.97 Å². The summed E-state index contributed by atoms with van der Waals surface area (Å²) in [4.78, 5) is 24.9. The van der Waals surface area contributed by atoms with E-state index in [1.807, 2.05) is 6.07 Å². The number of carboxylic acids is 1. The fourth-order valence-corrected chi connectivity index (χ4v) is 2.13. The lowest BCUT2D eigenvalue weighted by atomic mass is 10.0. The summed E-state index contributed by atoms with van der Waals surface area (Å²) in [6.45, 7) is 3.30. The van der Waals surface area contributed by atoms with Crippen LogP contribution in [0, 0.1) is 0 Å². The molecule has 0 aromatic heterocycles. The lowest BCUT2D eigenvalue weighted by Gasteiger charge is -2.14. The van der Waals surface area contributed by atoms with Gasteiger partial charge in [0.2, 0.25) is 0 Å². The first-order valence-corrected chi connectivity index (χ1v) is 5.79. The molecule has 0 saturated carbocycles. The van der Waals surface area contributed by atoms with Gasteiger partial charge in [0.25, 0.3) is 5.91 Å². The molecule has 0 spiro atoms. The highest BCUT2D eigenvalue weighted by Gasteiger charge is 2.30. The molecule has 0 unspecified atom stereocenters. The molecule has 0 fully saturated rings. The van der Waals surface area contributed by atoms with Gasteiger partial charge in [0, 0.05) is 13.1 Å². The van der Waals surface area contributed by atoms with Gasteiger partial charge in [-0.2, -0.15) is 0 Å².